The normalized spacial score (nSPS) is 18.2. The number of carboxylic acid groups (broad SMARTS) is 1. The number of hydrogen-bond acceptors (Lipinski definition) is 6. The number of methoxy groups -OCH3 is 1. The molecule has 0 N–H and O–H groups in total. The van der Waals surface area contributed by atoms with Crippen LogP contribution in [-0.2, 0) is 9.59 Å². The van der Waals surface area contributed by atoms with Gasteiger partial charge in [-0.3, -0.25) is 9.69 Å². The predicted molar refractivity (Wildman–Crippen MR) is 82.5 cm³/mol. The Hall–Kier alpha value is -1.86. The monoisotopic (exact) mass is 322 g/mol. The quantitative estimate of drug-likeness (QED) is 0.609. The van der Waals surface area contributed by atoms with Gasteiger partial charge in [-0.2, -0.15) is 0 Å². The van der Waals surface area contributed by atoms with Gasteiger partial charge >= 0.3 is 0 Å². The number of thioether (sulfide) groups is 1. The predicted octanol–water partition coefficient (Wildman–Crippen LogP) is 1.03. The van der Waals surface area contributed by atoms with E-state index in [2.05, 4.69) is 0 Å². The highest BCUT2D eigenvalue weighted by Gasteiger charge is 2.35. The molecule has 5 nitrogen and oxygen atoms in total. The van der Waals surface area contributed by atoms with E-state index >= 15 is 0 Å². The zero-order valence-electron chi connectivity index (χ0n) is 11.4. The standard InChI is InChI=1S/C14H13NO4S2/c1-8(13(17)18)15-12(16)11(21-14(15)20)7-9-5-3-4-6-10(9)19-2/h3-8H,1-2H3,(H,17,18)/p-1/b11-7-/t8-/m0/s1. The zero-order chi connectivity index (χ0) is 15.6. The van der Waals surface area contributed by atoms with Crippen molar-refractivity contribution in [2.24, 2.45) is 0 Å². The summed E-state index contributed by atoms with van der Waals surface area (Å²) in [5, 5.41) is 10.9. The summed E-state index contributed by atoms with van der Waals surface area (Å²) >= 11 is 6.14. The highest BCUT2D eigenvalue weighted by Crippen LogP contribution is 2.35. The maximum Gasteiger partial charge on any atom is 0.266 e. The Kier molecular flexibility index (Phi) is 4.64. The molecule has 1 aliphatic heterocycles. The molecule has 1 aromatic carbocycles. The van der Waals surface area contributed by atoms with Crippen molar-refractivity contribution < 1.29 is 19.4 Å². The van der Waals surface area contributed by atoms with Crippen LogP contribution < -0.4 is 9.84 Å². The second kappa shape index (κ2) is 6.28. The van der Waals surface area contributed by atoms with Crippen molar-refractivity contribution >= 4 is 46.3 Å². The van der Waals surface area contributed by atoms with Crippen LogP contribution in [-0.4, -0.2) is 34.2 Å². The van der Waals surface area contributed by atoms with Gasteiger partial charge in [-0.15, -0.1) is 0 Å². The van der Waals surface area contributed by atoms with Gasteiger partial charge in [-0.25, -0.2) is 0 Å². The molecule has 1 fully saturated rings. The molecule has 0 aromatic heterocycles. The Morgan fingerprint density at radius 2 is 2.14 bits per heavy atom. The molecular formula is C14H12NO4S2-. The first kappa shape index (κ1) is 15.5. The van der Waals surface area contributed by atoms with Gasteiger partial charge in [0.25, 0.3) is 5.91 Å². The minimum Gasteiger partial charge on any atom is -0.548 e. The fraction of sp³-hybridized carbons (Fsp3) is 0.214. The molecule has 1 aliphatic rings. The molecule has 21 heavy (non-hydrogen) atoms. The van der Waals surface area contributed by atoms with Crippen molar-refractivity contribution in [3.8, 4) is 5.75 Å². The first-order chi connectivity index (χ1) is 9.95. The van der Waals surface area contributed by atoms with E-state index in [4.69, 9.17) is 17.0 Å². The number of amides is 1. The second-order valence-corrected chi connectivity index (χ2v) is 5.96. The fourth-order valence-corrected chi connectivity index (χ4v) is 3.26. The number of nitrogens with zero attached hydrogens (tertiary/aromatic N) is 1. The maximum absolute atomic E-state index is 12.3. The smallest absolute Gasteiger partial charge is 0.266 e. The van der Waals surface area contributed by atoms with E-state index in [0.717, 1.165) is 22.2 Å². The number of benzene rings is 1. The van der Waals surface area contributed by atoms with Gasteiger partial charge < -0.3 is 14.6 Å². The van der Waals surface area contributed by atoms with E-state index in [1.54, 1.807) is 18.2 Å². The SMILES string of the molecule is COc1ccccc1/C=C1\SC(=S)N([C@@H](C)C(=O)[O-])C1=O. The molecule has 1 atom stereocenters. The Morgan fingerprint density at radius 3 is 2.76 bits per heavy atom. The number of thiocarbonyl (C=S) groups is 1. The van der Waals surface area contributed by atoms with Crippen molar-refractivity contribution in [1.29, 1.82) is 0 Å². The number of aliphatic carboxylic acids is 1. The third kappa shape index (κ3) is 3.08. The van der Waals surface area contributed by atoms with Crippen LogP contribution in [0.25, 0.3) is 6.08 Å². The molecule has 0 saturated carbocycles. The van der Waals surface area contributed by atoms with Gasteiger partial charge in [0, 0.05) is 5.56 Å². The molecule has 1 heterocycles. The van der Waals surface area contributed by atoms with Crippen molar-refractivity contribution in [3.05, 3.63) is 34.7 Å². The van der Waals surface area contributed by atoms with Crippen molar-refractivity contribution in [1.82, 2.24) is 4.90 Å². The topological polar surface area (TPSA) is 69.7 Å². The van der Waals surface area contributed by atoms with Crippen LogP contribution in [0, 0.1) is 0 Å². The maximum atomic E-state index is 12.3. The minimum atomic E-state index is -1.34. The summed E-state index contributed by atoms with van der Waals surface area (Å²) in [6.07, 6.45) is 1.64. The number of para-hydroxylation sites is 1. The van der Waals surface area contributed by atoms with Gasteiger partial charge in [0.1, 0.15) is 10.1 Å². The molecule has 0 spiro atoms. The number of carboxylic acids is 1. The number of ether oxygens (including phenoxy) is 1. The Labute approximate surface area is 131 Å². The molecule has 0 unspecified atom stereocenters. The van der Waals surface area contributed by atoms with E-state index in [9.17, 15) is 14.7 Å². The van der Waals surface area contributed by atoms with Crippen LogP contribution in [0.15, 0.2) is 29.2 Å². The van der Waals surface area contributed by atoms with E-state index in [1.165, 1.54) is 14.0 Å². The Morgan fingerprint density at radius 1 is 1.48 bits per heavy atom. The summed E-state index contributed by atoms with van der Waals surface area (Å²) in [5.74, 6) is -1.16. The third-order valence-electron chi connectivity index (χ3n) is 2.98. The Balaban J connectivity index is 2.34. The van der Waals surface area contributed by atoms with Gasteiger partial charge in [-0.1, -0.05) is 42.2 Å². The largest absolute Gasteiger partial charge is 0.548 e. The summed E-state index contributed by atoms with van der Waals surface area (Å²) in [6.45, 7) is 1.37. The molecule has 0 bridgehead atoms. The van der Waals surface area contributed by atoms with Crippen LogP contribution >= 0.6 is 24.0 Å². The number of hydrogen-bond donors (Lipinski definition) is 0. The van der Waals surface area contributed by atoms with E-state index in [1.807, 2.05) is 12.1 Å². The van der Waals surface area contributed by atoms with Crippen LogP contribution in [0.1, 0.15) is 12.5 Å². The van der Waals surface area contributed by atoms with Crippen molar-refractivity contribution in [2.75, 3.05) is 7.11 Å². The summed E-state index contributed by atoms with van der Waals surface area (Å²) in [4.78, 5) is 24.6. The molecule has 1 aromatic rings. The van der Waals surface area contributed by atoms with E-state index in [-0.39, 0.29) is 4.32 Å². The number of rotatable bonds is 4. The van der Waals surface area contributed by atoms with Crippen LogP contribution in [0.4, 0.5) is 0 Å². The van der Waals surface area contributed by atoms with Crippen LogP contribution in [0.3, 0.4) is 0 Å². The third-order valence-corrected chi connectivity index (χ3v) is 4.31. The summed E-state index contributed by atoms with van der Waals surface area (Å²) in [7, 11) is 1.54. The second-order valence-electron chi connectivity index (χ2n) is 4.29. The molecular weight excluding hydrogens is 310 g/mol. The van der Waals surface area contributed by atoms with Gasteiger partial charge in [0.15, 0.2) is 0 Å². The first-order valence-corrected chi connectivity index (χ1v) is 7.29. The highest BCUT2D eigenvalue weighted by molar-refractivity contribution is 8.26. The number of carbonyl (C=O) groups is 2. The van der Waals surface area contributed by atoms with Crippen LogP contribution in [0.2, 0.25) is 0 Å². The Bertz CT molecular complexity index is 642. The summed E-state index contributed by atoms with van der Waals surface area (Å²) in [5.41, 5.74) is 0.724. The molecule has 0 aliphatic carbocycles. The highest BCUT2D eigenvalue weighted by atomic mass is 32.2. The lowest BCUT2D eigenvalue weighted by atomic mass is 10.2. The van der Waals surface area contributed by atoms with Crippen LogP contribution in [0.5, 0.6) is 5.75 Å². The average molecular weight is 322 g/mol. The molecule has 0 radical (unpaired) electrons. The van der Waals surface area contributed by atoms with Crippen molar-refractivity contribution in [3.63, 3.8) is 0 Å². The minimum absolute atomic E-state index is 0.206. The van der Waals surface area contributed by atoms with Gasteiger partial charge in [0.2, 0.25) is 0 Å². The van der Waals surface area contributed by atoms with Gasteiger partial charge in [0.05, 0.1) is 24.0 Å². The zero-order valence-corrected chi connectivity index (χ0v) is 13.0. The summed E-state index contributed by atoms with van der Waals surface area (Å²) < 4.78 is 5.42. The molecule has 1 amide bonds. The van der Waals surface area contributed by atoms with E-state index < -0.39 is 17.9 Å². The van der Waals surface area contributed by atoms with Gasteiger partial charge in [-0.05, 0) is 19.1 Å². The first-order valence-electron chi connectivity index (χ1n) is 6.06. The lowest BCUT2D eigenvalue weighted by Gasteiger charge is -2.23. The van der Waals surface area contributed by atoms with E-state index in [0.29, 0.717) is 10.7 Å². The lowest BCUT2D eigenvalue weighted by molar-refractivity contribution is -0.309. The fourth-order valence-electron chi connectivity index (χ4n) is 1.85. The molecule has 110 valence electrons. The van der Waals surface area contributed by atoms with Crippen molar-refractivity contribution in [2.45, 2.75) is 13.0 Å². The molecule has 7 heteroatoms. The summed E-state index contributed by atoms with van der Waals surface area (Å²) in [6, 6.07) is 6.11. The molecule has 1 saturated heterocycles. The average Bonchev–Trinajstić information content (AvgIpc) is 2.73. The molecule has 2 rings (SSSR count). The number of carbonyl (C=O) groups excluding carboxylic acids is 2. The lowest BCUT2D eigenvalue weighted by Crippen LogP contribution is -2.48.